The number of benzene rings is 2. The van der Waals surface area contributed by atoms with Gasteiger partial charge in [-0.25, -0.2) is 0 Å². The second-order valence-corrected chi connectivity index (χ2v) is 10.5. The van der Waals surface area contributed by atoms with Crippen molar-refractivity contribution in [1.29, 1.82) is 0 Å². The van der Waals surface area contributed by atoms with Crippen LogP contribution in [0.25, 0.3) is 11.3 Å². The second-order valence-electron chi connectivity index (χ2n) is 10.1. The Morgan fingerprint density at radius 2 is 1.84 bits per heavy atom. The van der Waals surface area contributed by atoms with E-state index in [9.17, 15) is 4.79 Å². The van der Waals surface area contributed by atoms with Gasteiger partial charge in [0.2, 0.25) is 0 Å². The van der Waals surface area contributed by atoms with E-state index in [-0.39, 0.29) is 11.9 Å². The van der Waals surface area contributed by atoms with E-state index in [2.05, 4.69) is 54.1 Å². The first-order valence-corrected chi connectivity index (χ1v) is 13.8. The number of aryl methyl sites for hydroxylation is 1. The fraction of sp³-hybridized carbons (Fsp3) is 0.433. The number of halogens is 1. The van der Waals surface area contributed by atoms with E-state index in [1.165, 1.54) is 11.1 Å². The number of rotatable bonds is 11. The summed E-state index contributed by atoms with van der Waals surface area (Å²) in [6.07, 6.45) is 4.25. The van der Waals surface area contributed by atoms with Crippen molar-refractivity contribution in [1.82, 2.24) is 16.0 Å². The van der Waals surface area contributed by atoms with Crippen molar-refractivity contribution >= 4 is 17.5 Å². The lowest BCUT2D eigenvalue weighted by molar-refractivity contribution is 0.0953. The van der Waals surface area contributed by atoms with Crippen LogP contribution in [0.5, 0.6) is 5.75 Å². The van der Waals surface area contributed by atoms with Crippen molar-refractivity contribution in [2.45, 2.75) is 64.2 Å². The molecular formula is C30H39ClN4O3. The molecule has 1 aliphatic carbocycles. The molecular weight excluding hydrogens is 500 g/mol. The monoisotopic (exact) mass is 538 g/mol. The summed E-state index contributed by atoms with van der Waals surface area (Å²) in [4.78, 5) is 13.0. The van der Waals surface area contributed by atoms with Crippen molar-refractivity contribution in [2.75, 3.05) is 20.2 Å². The Balaban J connectivity index is 1.37. The average molecular weight is 539 g/mol. The molecule has 8 heteroatoms. The quantitative estimate of drug-likeness (QED) is 0.245. The van der Waals surface area contributed by atoms with Crippen molar-refractivity contribution in [3.8, 4) is 17.1 Å². The van der Waals surface area contributed by atoms with Crippen LogP contribution < -0.4 is 26.4 Å². The SMILES string of the molecule is COc1cc(Cl)c(C(=O)NCCNC2CCC(N)CC2)cc1-c1ccc(CN[C@H](C)c2ccc(C)cc2)o1. The highest BCUT2D eigenvalue weighted by atomic mass is 35.5. The molecule has 0 saturated heterocycles. The van der Waals surface area contributed by atoms with Gasteiger partial charge in [-0.3, -0.25) is 4.79 Å². The van der Waals surface area contributed by atoms with E-state index < -0.39 is 0 Å². The lowest BCUT2D eigenvalue weighted by atomic mass is 9.92. The Kier molecular flexibility index (Phi) is 9.86. The third kappa shape index (κ3) is 7.38. The van der Waals surface area contributed by atoms with Crippen LogP contribution in [-0.4, -0.2) is 38.2 Å². The minimum Gasteiger partial charge on any atom is -0.496 e. The lowest BCUT2D eigenvalue weighted by Crippen LogP contribution is -2.41. The summed E-state index contributed by atoms with van der Waals surface area (Å²) in [5.74, 6) is 1.72. The van der Waals surface area contributed by atoms with E-state index in [1.807, 2.05) is 12.1 Å². The number of furan rings is 1. The summed E-state index contributed by atoms with van der Waals surface area (Å²) in [6.45, 7) is 5.98. The molecule has 4 rings (SSSR count). The molecule has 1 saturated carbocycles. The standard InChI is InChI=1S/C30H39ClN4O3/c1-19-4-6-21(7-5-19)20(2)35-18-24-12-13-28(38-24)26-16-25(27(31)17-29(26)37-3)30(36)34-15-14-33-23-10-8-22(32)9-11-23/h4-7,12-13,16-17,20,22-23,33,35H,8-11,14-15,18,32H2,1-3H3,(H,34,36)/t20-,22?,23?/m1/s1. The molecule has 1 aliphatic rings. The molecule has 1 aromatic heterocycles. The maximum atomic E-state index is 13.0. The van der Waals surface area contributed by atoms with E-state index in [0.29, 0.717) is 59.4 Å². The maximum absolute atomic E-state index is 13.0. The lowest BCUT2D eigenvalue weighted by Gasteiger charge is -2.26. The van der Waals surface area contributed by atoms with Gasteiger partial charge in [0.1, 0.15) is 17.3 Å². The van der Waals surface area contributed by atoms with Gasteiger partial charge in [-0.1, -0.05) is 41.4 Å². The minimum atomic E-state index is -0.230. The number of methoxy groups -OCH3 is 1. The van der Waals surface area contributed by atoms with Crippen molar-refractivity contribution < 1.29 is 13.9 Å². The fourth-order valence-electron chi connectivity index (χ4n) is 4.81. The molecule has 7 nitrogen and oxygen atoms in total. The molecule has 1 amide bonds. The number of nitrogens with one attached hydrogen (secondary N) is 3. The van der Waals surface area contributed by atoms with Crippen LogP contribution >= 0.6 is 11.6 Å². The summed E-state index contributed by atoms with van der Waals surface area (Å²) in [6, 6.07) is 16.7. The van der Waals surface area contributed by atoms with E-state index in [1.54, 1.807) is 19.2 Å². The molecule has 38 heavy (non-hydrogen) atoms. The number of carbonyl (C=O) groups is 1. The largest absolute Gasteiger partial charge is 0.496 e. The highest BCUT2D eigenvalue weighted by Gasteiger charge is 2.20. The summed E-state index contributed by atoms with van der Waals surface area (Å²) in [5, 5.41) is 10.3. The first kappa shape index (κ1) is 28.2. The van der Waals surface area contributed by atoms with Crippen LogP contribution in [0.2, 0.25) is 5.02 Å². The summed E-state index contributed by atoms with van der Waals surface area (Å²) in [5.41, 5.74) is 9.50. The zero-order chi connectivity index (χ0) is 27.1. The Hall–Kier alpha value is -2.84. The number of nitrogens with two attached hydrogens (primary N) is 1. The third-order valence-electron chi connectivity index (χ3n) is 7.24. The molecule has 0 bridgehead atoms. The molecule has 2 aromatic carbocycles. The highest BCUT2D eigenvalue weighted by molar-refractivity contribution is 6.34. The molecule has 3 aromatic rings. The smallest absolute Gasteiger partial charge is 0.252 e. The van der Waals surface area contributed by atoms with Crippen LogP contribution in [0.15, 0.2) is 52.9 Å². The molecule has 0 spiro atoms. The van der Waals surface area contributed by atoms with Gasteiger partial charge in [0, 0.05) is 37.3 Å². The molecule has 0 radical (unpaired) electrons. The minimum absolute atomic E-state index is 0.176. The number of hydrogen-bond acceptors (Lipinski definition) is 6. The first-order valence-electron chi connectivity index (χ1n) is 13.4. The summed E-state index contributed by atoms with van der Waals surface area (Å²) < 4.78 is 11.7. The van der Waals surface area contributed by atoms with Crippen molar-refractivity contribution in [3.05, 3.63) is 76.0 Å². The van der Waals surface area contributed by atoms with Gasteiger partial charge in [-0.15, -0.1) is 0 Å². The number of carbonyl (C=O) groups excluding carboxylic acids is 1. The van der Waals surface area contributed by atoms with Crippen LogP contribution in [0.3, 0.4) is 0 Å². The Morgan fingerprint density at radius 1 is 1.11 bits per heavy atom. The summed E-state index contributed by atoms with van der Waals surface area (Å²) in [7, 11) is 1.58. The molecule has 0 aliphatic heterocycles. The predicted octanol–water partition coefficient (Wildman–Crippen LogP) is 5.36. The second kappa shape index (κ2) is 13.3. The molecule has 1 atom stereocenters. The van der Waals surface area contributed by atoms with Crippen LogP contribution in [0.1, 0.15) is 65.9 Å². The van der Waals surface area contributed by atoms with E-state index in [4.69, 9.17) is 26.5 Å². The van der Waals surface area contributed by atoms with Crippen LogP contribution in [0, 0.1) is 6.92 Å². The van der Waals surface area contributed by atoms with Gasteiger partial charge in [-0.05, 0) is 63.3 Å². The number of hydrogen-bond donors (Lipinski definition) is 4. The van der Waals surface area contributed by atoms with Gasteiger partial charge in [0.25, 0.3) is 5.91 Å². The molecule has 204 valence electrons. The van der Waals surface area contributed by atoms with Gasteiger partial charge < -0.3 is 30.8 Å². The van der Waals surface area contributed by atoms with Gasteiger partial charge in [-0.2, -0.15) is 0 Å². The zero-order valence-electron chi connectivity index (χ0n) is 22.5. The predicted molar refractivity (Wildman–Crippen MR) is 153 cm³/mol. The average Bonchev–Trinajstić information content (AvgIpc) is 3.39. The normalized spacial score (nSPS) is 18.2. The van der Waals surface area contributed by atoms with Crippen LogP contribution in [0.4, 0.5) is 0 Å². The van der Waals surface area contributed by atoms with E-state index in [0.717, 1.165) is 31.4 Å². The number of amides is 1. The zero-order valence-corrected chi connectivity index (χ0v) is 23.2. The Bertz CT molecular complexity index is 1200. The maximum Gasteiger partial charge on any atom is 0.252 e. The molecule has 0 unspecified atom stereocenters. The fourth-order valence-corrected chi connectivity index (χ4v) is 5.05. The van der Waals surface area contributed by atoms with Gasteiger partial charge in [0.05, 0.1) is 29.8 Å². The Morgan fingerprint density at radius 3 is 2.55 bits per heavy atom. The van der Waals surface area contributed by atoms with Gasteiger partial charge >= 0.3 is 0 Å². The van der Waals surface area contributed by atoms with Crippen molar-refractivity contribution in [3.63, 3.8) is 0 Å². The molecule has 1 heterocycles. The molecule has 5 N–H and O–H groups in total. The molecule has 1 fully saturated rings. The first-order chi connectivity index (χ1) is 18.3. The van der Waals surface area contributed by atoms with Gasteiger partial charge in [0.15, 0.2) is 0 Å². The highest BCUT2D eigenvalue weighted by Crippen LogP contribution is 2.36. The summed E-state index contributed by atoms with van der Waals surface area (Å²) >= 11 is 6.46. The van der Waals surface area contributed by atoms with Crippen LogP contribution in [-0.2, 0) is 6.54 Å². The third-order valence-corrected chi connectivity index (χ3v) is 7.55. The number of ether oxygens (including phenoxy) is 1. The Labute approximate surface area is 230 Å². The van der Waals surface area contributed by atoms with E-state index >= 15 is 0 Å². The topological polar surface area (TPSA) is 102 Å². The van der Waals surface area contributed by atoms with Crippen molar-refractivity contribution in [2.24, 2.45) is 5.73 Å².